The van der Waals surface area contributed by atoms with Gasteiger partial charge in [0.05, 0.1) is 7.11 Å². The lowest BCUT2D eigenvalue weighted by Crippen LogP contribution is -2.46. The molecule has 0 aromatic rings. The average molecular weight is 327 g/mol. The minimum atomic E-state index is -2.18. The van der Waals surface area contributed by atoms with Crippen LogP contribution >= 0.6 is 0 Å². The highest BCUT2D eigenvalue weighted by atomic mass is 16.7. The third-order valence-electron chi connectivity index (χ3n) is 2.70. The van der Waals surface area contributed by atoms with Gasteiger partial charge in [-0.05, 0) is 39.0 Å². The van der Waals surface area contributed by atoms with Gasteiger partial charge >= 0.3 is 18.0 Å². The van der Waals surface area contributed by atoms with E-state index in [9.17, 15) is 19.5 Å². The van der Waals surface area contributed by atoms with Gasteiger partial charge in [0.2, 0.25) is 5.79 Å². The van der Waals surface area contributed by atoms with E-state index in [0.29, 0.717) is 0 Å². The fraction of sp³-hybridized carbons (Fsp3) is 0.533. The number of carbonyl (C=O) groups is 3. The zero-order valence-corrected chi connectivity index (χ0v) is 13.7. The third-order valence-corrected chi connectivity index (χ3v) is 2.70. The van der Waals surface area contributed by atoms with Gasteiger partial charge in [-0.3, -0.25) is 14.9 Å². The molecule has 1 aliphatic rings. The molecule has 0 saturated carbocycles. The van der Waals surface area contributed by atoms with E-state index in [2.05, 4.69) is 10.1 Å². The molecule has 0 heterocycles. The zero-order valence-electron chi connectivity index (χ0n) is 13.7. The SMILES string of the molecule is COC(=O)C1C=C(NC(=O)OC(C)(C)C)C=CC1(O)OC(C)=O. The molecule has 8 heteroatoms. The second-order valence-electron chi connectivity index (χ2n) is 5.93. The number of ether oxygens (including phenoxy) is 3. The van der Waals surface area contributed by atoms with Gasteiger partial charge in [0.25, 0.3) is 0 Å². The van der Waals surface area contributed by atoms with Crippen LogP contribution in [-0.2, 0) is 23.8 Å². The Bertz CT molecular complexity index is 559. The van der Waals surface area contributed by atoms with Gasteiger partial charge in [0.15, 0.2) is 0 Å². The van der Waals surface area contributed by atoms with Crippen molar-refractivity contribution in [1.29, 1.82) is 0 Å². The quantitative estimate of drug-likeness (QED) is 0.452. The van der Waals surface area contributed by atoms with E-state index >= 15 is 0 Å². The van der Waals surface area contributed by atoms with Gasteiger partial charge in [-0.15, -0.1) is 0 Å². The first-order valence-corrected chi connectivity index (χ1v) is 6.87. The van der Waals surface area contributed by atoms with E-state index in [1.165, 1.54) is 12.2 Å². The summed E-state index contributed by atoms with van der Waals surface area (Å²) in [6.07, 6.45) is 2.88. The fourth-order valence-electron chi connectivity index (χ4n) is 1.86. The Labute approximate surface area is 134 Å². The van der Waals surface area contributed by atoms with Crippen molar-refractivity contribution in [2.24, 2.45) is 5.92 Å². The van der Waals surface area contributed by atoms with Crippen LogP contribution in [0.4, 0.5) is 4.79 Å². The Kier molecular flexibility index (Phi) is 5.55. The topological polar surface area (TPSA) is 111 Å². The van der Waals surface area contributed by atoms with Gasteiger partial charge in [-0.25, -0.2) is 4.79 Å². The van der Waals surface area contributed by atoms with E-state index in [1.807, 2.05) is 0 Å². The molecule has 8 nitrogen and oxygen atoms in total. The van der Waals surface area contributed by atoms with Crippen LogP contribution in [-0.4, -0.2) is 41.6 Å². The standard InChI is InChI=1S/C15H21NO7/c1-9(17)22-15(20)7-6-10(8-11(15)12(18)21-5)16-13(19)23-14(2,3)4/h6-8,11,20H,1-5H3,(H,16,19). The minimum absolute atomic E-state index is 0.200. The maximum Gasteiger partial charge on any atom is 0.412 e. The van der Waals surface area contributed by atoms with Gasteiger partial charge in [0.1, 0.15) is 11.5 Å². The van der Waals surface area contributed by atoms with Crippen LogP contribution in [0.2, 0.25) is 0 Å². The van der Waals surface area contributed by atoms with Crippen molar-refractivity contribution in [1.82, 2.24) is 5.32 Å². The van der Waals surface area contributed by atoms with E-state index < -0.39 is 35.3 Å². The molecular weight excluding hydrogens is 306 g/mol. The molecule has 2 atom stereocenters. The van der Waals surface area contributed by atoms with Crippen molar-refractivity contribution in [3.8, 4) is 0 Å². The second-order valence-corrected chi connectivity index (χ2v) is 5.93. The lowest BCUT2D eigenvalue weighted by molar-refractivity contribution is -0.206. The van der Waals surface area contributed by atoms with Crippen molar-refractivity contribution in [2.45, 2.75) is 39.1 Å². The lowest BCUT2D eigenvalue weighted by atomic mass is 9.92. The molecule has 0 spiro atoms. The zero-order chi connectivity index (χ0) is 17.8. The number of rotatable bonds is 3. The Morgan fingerprint density at radius 1 is 1.30 bits per heavy atom. The van der Waals surface area contributed by atoms with Crippen molar-refractivity contribution in [3.05, 3.63) is 23.9 Å². The van der Waals surface area contributed by atoms with Crippen LogP contribution < -0.4 is 5.32 Å². The second kappa shape index (κ2) is 6.82. The Morgan fingerprint density at radius 3 is 2.39 bits per heavy atom. The van der Waals surface area contributed by atoms with Crippen molar-refractivity contribution in [2.75, 3.05) is 7.11 Å². The van der Waals surface area contributed by atoms with Crippen LogP contribution in [0.1, 0.15) is 27.7 Å². The summed E-state index contributed by atoms with van der Waals surface area (Å²) in [5.41, 5.74) is -0.491. The molecule has 0 saturated heterocycles. The summed E-state index contributed by atoms with van der Waals surface area (Å²) in [5, 5.41) is 12.8. The number of carbonyl (C=O) groups excluding carboxylic acids is 3. The number of alkyl carbamates (subject to hydrolysis) is 1. The van der Waals surface area contributed by atoms with Gasteiger partial charge in [0, 0.05) is 12.6 Å². The molecule has 0 aliphatic heterocycles. The number of nitrogens with one attached hydrogen (secondary N) is 1. The van der Waals surface area contributed by atoms with E-state index in [1.54, 1.807) is 20.8 Å². The first-order chi connectivity index (χ1) is 10.5. The minimum Gasteiger partial charge on any atom is -0.468 e. The number of amides is 1. The Balaban J connectivity index is 2.97. The molecule has 1 amide bonds. The number of methoxy groups -OCH3 is 1. The van der Waals surface area contributed by atoms with Gasteiger partial charge in [-0.2, -0.15) is 0 Å². The molecular formula is C15H21NO7. The normalized spacial score (nSPS) is 23.6. The summed E-state index contributed by atoms with van der Waals surface area (Å²) in [7, 11) is 1.13. The van der Waals surface area contributed by atoms with E-state index in [0.717, 1.165) is 20.1 Å². The van der Waals surface area contributed by atoms with Crippen molar-refractivity contribution in [3.63, 3.8) is 0 Å². The highest BCUT2D eigenvalue weighted by Gasteiger charge is 2.44. The molecule has 0 radical (unpaired) electrons. The summed E-state index contributed by atoms with van der Waals surface area (Å²) < 4.78 is 14.5. The maximum absolute atomic E-state index is 11.8. The molecule has 2 unspecified atom stereocenters. The monoisotopic (exact) mass is 327 g/mol. The number of allylic oxidation sites excluding steroid dienone is 1. The summed E-state index contributed by atoms with van der Waals surface area (Å²) in [6.45, 7) is 6.20. The highest BCUT2D eigenvalue weighted by Crippen LogP contribution is 2.29. The fourth-order valence-corrected chi connectivity index (χ4v) is 1.86. The number of aliphatic hydroxyl groups is 1. The molecule has 0 aromatic carbocycles. The largest absolute Gasteiger partial charge is 0.468 e. The molecule has 1 rings (SSSR count). The number of esters is 2. The van der Waals surface area contributed by atoms with Crippen LogP contribution in [0.15, 0.2) is 23.9 Å². The summed E-state index contributed by atoms with van der Waals surface area (Å²) >= 11 is 0. The lowest BCUT2D eigenvalue weighted by Gasteiger charge is -2.32. The van der Waals surface area contributed by atoms with Gasteiger partial charge < -0.3 is 19.3 Å². The van der Waals surface area contributed by atoms with Crippen LogP contribution in [0.3, 0.4) is 0 Å². The van der Waals surface area contributed by atoms with E-state index in [-0.39, 0.29) is 5.70 Å². The van der Waals surface area contributed by atoms with Crippen molar-refractivity contribution < 1.29 is 33.7 Å². The molecule has 1 aliphatic carbocycles. The van der Waals surface area contributed by atoms with Crippen molar-refractivity contribution >= 4 is 18.0 Å². The highest BCUT2D eigenvalue weighted by molar-refractivity contribution is 5.79. The molecule has 0 aromatic heterocycles. The number of hydrogen-bond donors (Lipinski definition) is 2. The van der Waals surface area contributed by atoms with Crippen LogP contribution in [0.5, 0.6) is 0 Å². The summed E-state index contributed by atoms with van der Waals surface area (Å²) in [4.78, 5) is 34.7. The predicted octanol–water partition coefficient (Wildman–Crippen LogP) is 1.01. The summed E-state index contributed by atoms with van der Waals surface area (Å²) in [6, 6.07) is 0. The smallest absolute Gasteiger partial charge is 0.412 e. The third kappa shape index (κ3) is 5.41. The average Bonchev–Trinajstić information content (AvgIpc) is 2.37. The van der Waals surface area contributed by atoms with Gasteiger partial charge in [-0.1, -0.05) is 0 Å². The Morgan fingerprint density at radius 2 is 1.91 bits per heavy atom. The van der Waals surface area contributed by atoms with Crippen LogP contribution in [0.25, 0.3) is 0 Å². The summed E-state index contributed by atoms with van der Waals surface area (Å²) in [5.74, 6) is -5.12. The van der Waals surface area contributed by atoms with E-state index in [4.69, 9.17) is 9.47 Å². The molecule has 0 bridgehead atoms. The molecule has 2 N–H and O–H groups in total. The first-order valence-electron chi connectivity index (χ1n) is 6.87. The Hall–Kier alpha value is -2.35. The maximum atomic E-state index is 11.8. The van der Waals surface area contributed by atoms with Crippen LogP contribution in [0, 0.1) is 5.92 Å². The predicted molar refractivity (Wildman–Crippen MR) is 78.8 cm³/mol. The number of hydrogen-bond acceptors (Lipinski definition) is 7. The first kappa shape index (κ1) is 18.7. The molecule has 128 valence electrons. The molecule has 23 heavy (non-hydrogen) atoms. The molecule has 0 fully saturated rings.